The van der Waals surface area contributed by atoms with Crippen LogP contribution >= 0.6 is 0 Å². The second-order valence-corrected chi connectivity index (χ2v) is 4.71. The van der Waals surface area contributed by atoms with Gasteiger partial charge in [0.25, 0.3) is 0 Å². The number of benzene rings is 2. The Bertz CT molecular complexity index is 758. The molecule has 0 N–H and O–H groups in total. The SMILES string of the molecule is CCOc1cc2c(cc1OC)c1ccccc1n2CC. The first-order chi connectivity index (χ1) is 9.80. The second-order valence-electron chi connectivity index (χ2n) is 4.71. The fourth-order valence-corrected chi connectivity index (χ4v) is 2.82. The van der Waals surface area contributed by atoms with E-state index in [0.29, 0.717) is 6.61 Å². The normalized spacial score (nSPS) is 11.2. The molecule has 2 aromatic carbocycles. The number of aryl methyl sites for hydroxylation is 1. The fraction of sp³-hybridized carbons (Fsp3) is 0.294. The molecule has 0 fully saturated rings. The maximum atomic E-state index is 5.69. The molecule has 3 aromatic rings. The standard InChI is InChI=1S/C17H19NO2/c1-4-18-14-9-7-6-8-12(14)13-10-16(19-3)17(20-5-2)11-15(13)18/h6-11H,4-5H2,1-3H3. The number of methoxy groups -OCH3 is 1. The van der Waals surface area contributed by atoms with Crippen LogP contribution in [-0.4, -0.2) is 18.3 Å². The van der Waals surface area contributed by atoms with Gasteiger partial charge in [-0.1, -0.05) is 18.2 Å². The van der Waals surface area contributed by atoms with Gasteiger partial charge in [0.15, 0.2) is 11.5 Å². The van der Waals surface area contributed by atoms with Gasteiger partial charge in [0.05, 0.1) is 19.2 Å². The van der Waals surface area contributed by atoms with Crippen LogP contribution in [0.3, 0.4) is 0 Å². The molecule has 0 spiro atoms. The van der Waals surface area contributed by atoms with Crippen molar-refractivity contribution in [1.29, 1.82) is 0 Å². The molecule has 0 unspecified atom stereocenters. The molecule has 0 bridgehead atoms. The summed E-state index contributed by atoms with van der Waals surface area (Å²) < 4.78 is 13.5. The zero-order chi connectivity index (χ0) is 14.1. The Labute approximate surface area is 118 Å². The Kier molecular flexibility index (Phi) is 3.26. The van der Waals surface area contributed by atoms with Crippen LogP contribution in [0, 0.1) is 0 Å². The summed E-state index contributed by atoms with van der Waals surface area (Å²) in [6.45, 7) is 5.71. The molecule has 20 heavy (non-hydrogen) atoms. The van der Waals surface area contributed by atoms with Crippen molar-refractivity contribution in [2.45, 2.75) is 20.4 Å². The van der Waals surface area contributed by atoms with E-state index in [0.717, 1.165) is 18.0 Å². The molecule has 1 aromatic heterocycles. The molecule has 0 saturated carbocycles. The fourth-order valence-electron chi connectivity index (χ4n) is 2.82. The van der Waals surface area contributed by atoms with Crippen molar-refractivity contribution in [1.82, 2.24) is 4.57 Å². The van der Waals surface area contributed by atoms with E-state index in [1.54, 1.807) is 7.11 Å². The average Bonchev–Trinajstić information content (AvgIpc) is 2.79. The van der Waals surface area contributed by atoms with E-state index >= 15 is 0 Å². The Morgan fingerprint density at radius 3 is 2.45 bits per heavy atom. The van der Waals surface area contributed by atoms with Gasteiger partial charge < -0.3 is 14.0 Å². The lowest BCUT2D eigenvalue weighted by atomic mass is 10.1. The monoisotopic (exact) mass is 269 g/mol. The van der Waals surface area contributed by atoms with Gasteiger partial charge >= 0.3 is 0 Å². The van der Waals surface area contributed by atoms with E-state index in [-0.39, 0.29) is 0 Å². The molecule has 0 aliphatic rings. The van der Waals surface area contributed by atoms with E-state index in [2.05, 4.69) is 47.9 Å². The number of ether oxygens (including phenoxy) is 2. The molecule has 3 nitrogen and oxygen atoms in total. The van der Waals surface area contributed by atoms with Crippen LogP contribution in [0.1, 0.15) is 13.8 Å². The second kappa shape index (κ2) is 5.08. The summed E-state index contributed by atoms with van der Waals surface area (Å²) in [4.78, 5) is 0. The van der Waals surface area contributed by atoms with Crippen molar-refractivity contribution in [2.24, 2.45) is 0 Å². The molecule has 0 aliphatic heterocycles. The third-order valence-corrected chi connectivity index (χ3v) is 3.67. The molecule has 1 heterocycles. The van der Waals surface area contributed by atoms with Gasteiger partial charge in [0.1, 0.15) is 0 Å². The topological polar surface area (TPSA) is 23.4 Å². The van der Waals surface area contributed by atoms with Gasteiger partial charge in [0, 0.05) is 28.9 Å². The minimum Gasteiger partial charge on any atom is -0.493 e. The molecule has 0 atom stereocenters. The van der Waals surface area contributed by atoms with Gasteiger partial charge in [-0.3, -0.25) is 0 Å². The van der Waals surface area contributed by atoms with Crippen molar-refractivity contribution >= 4 is 21.8 Å². The highest BCUT2D eigenvalue weighted by Crippen LogP contribution is 2.37. The summed E-state index contributed by atoms with van der Waals surface area (Å²) in [5, 5.41) is 2.47. The van der Waals surface area contributed by atoms with Gasteiger partial charge in [-0.05, 0) is 26.0 Å². The number of aromatic nitrogens is 1. The maximum absolute atomic E-state index is 5.69. The first kappa shape index (κ1) is 12.9. The van der Waals surface area contributed by atoms with Gasteiger partial charge in [-0.15, -0.1) is 0 Å². The van der Waals surface area contributed by atoms with Gasteiger partial charge in [-0.25, -0.2) is 0 Å². The Balaban J connectivity index is 2.40. The van der Waals surface area contributed by atoms with Crippen molar-refractivity contribution in [3.8, 4) is 11.5 Å². The zero-order valence-corrected chi connectivity index (χ0v) is 12.1. The Morgan fingerprint density at radius 2 is 1.75 bits per heavy atom. The highest BCUT2D eigenvalue weighted by atomic mass is 16.5. The Hall–Kier alpha value is -2.16. The number of hydrogen-bond donors (Lipinski definition) is 0. The van der Waals surface area contributed by atoms with E-state index in [1.807, 2.05) is 6.92 Å². The van der Waals surface area contributed by atoms with Crippen molar-refractivity contribution in [2.75, 3.05) is 13.7 Å². The molecule has 0 radical (unpaired) electrons. The zero-order valence-electron chi connectivity index (χ0n) is 12.1. The third-order valence-electron chi connectivity index (χ3n) is 3.67. The molecule has 0 aliphatic carbocycles. The summed E-state index contributed by atoms with van der Waals surface area (Å²) in [5.41, 5.74) is 2.44. The number of nitrogens with zero attached hydrogens (tertiary/aromatic N) is 1. The van der Waals surface area contributed by atoms with Crippen LogP contribution in [0.5, 0.6) is 11.5 Å². The highest BCUT2D eigenvalue weighted by molar-refractivity contribution is 6.09. The third kappa shape index (κ3) is 1.82. The van der Waals surface area contributed by atoms with Crippen molar-refractivity contribution < 1.29 is 9.47 Å². The minimum absolute atomic E-state index is 0.633. The van der Waals surface area contributed by atoms with Gasteiger partial charge in [-0.2, -0.15) is 0 Å². The number of para-hydroxylation sites is 1. The van der Waals surface area contributed by atoms with Gasteiger partial charge in [0.2, 0.25) is 0 Å². The molecular formula is C17H19NO2. The highest BCUT2D eigenvalue weighted by Gasteiger charge is 2.14. The van der Waals surface area contributed by atoms with Crippen LogP contribution in [0.25, 0.3) is 21.8 Å². The van der Waals surface area contributed by atoms with Crippen LogP contribution in [0.4, 0.5) is 0 Å². The largest absolute Gasteiger partial charge is 0.493 e. The summed E-state index contributed by atoms with van der Waals surface area (Å²) >= 11 is 0. The summed E-state index contributed by atoms with van der Waals surface area (Å²) in [7, 11) is 1.68. The maximum Gasteiger partial charge on any atom is 0.163 e. The molecule has 3 rings (SSSR count). The number of hydrogen-bond acceptors (Lipinski definition) is 2. The first-order valence-corrected chi connectivity index (χ1v) is 7.01. The Morgan fingerprint density at radius 1 is 0.950 bits per heavy atom. The molecule has 0 saturated heterocycles. The molecular weight excluding hydrogens is 250 g/mol. The lowest BCUT2D eigenvalue weighted by Gasteiger charge is -2.10. The summed E-state index contributed by atoms with van der Waals surface area (Å²) in [5.74, 6) is 1.60. The average molecular weight is 269 g/mol. The minimum atomic E-state index is 0.633. The number of fused-ring (bicyclic) bond motifs is 3. The molecule has 0 amide bonds. The predicted octanol–water partition coefficient (Wildman–Crippen LogP) is 4.22. The predicted molar refractivity (Wildman–Crippen MR) is 82.8 cm³/mol. The molecule has 104 valence electrons. The van der Waals surface area contributed by atoms with E-state index in [4.69, 9.17) is 9.47 Å². The van der Waals surface area contributed by atoms with Crippen molar-refractivity contribution in [3.63, 3.8) is 0 Å². The van der Waals surface area contributed by atoms with Crippen LogP contribution in [0.2, 0.25) is 0 Å². The van der Waals surface area contributed by atoms with E-state index in [9.17, 15) is 0 Å². The van der Waals surface area contributed by atoms with E-state index < -0.39 is 0 Å². The van der Waals surface area contributed by atoms with E-state index in [1.165, 1.54) is 21.8 Å². The number of rotatable bonds is 4. The van der Waals surface area contributed by atoms with Crippen LogP contribution in [-0.2, 0) is 6.54 Å². The van der Waals surface area contributed by atoms with Crippen LogP contribution in [0.15, 0.2) is 36.4 Å². The summed E-state index contributed by atoms with van der Waals surface area (Å²) in [6.07, 6.45) is 0. The molecule has 3 heteroatoms. The van der Waals surface area contributed by atoms with Crippen LogP contribution < -0.4 is 9.47 Å². The summed E-state index contributed by atoms with van der Waals surface area (Å²) in [6, 6.07) is 12.6. The van der Waals surface area contributed by atoms with Crippen molar-refractivity contribution in [3.05, 3.63) is 36.4 Å². The quantitative estimate of drug-likeness (QED) is 0.708. The first-order valence-electron chi connectivity index (χ1n) is 7.01. The lowest BCUT2D eigenvalue weighted by molar-refractivity contribution is 0.311. The smallest absolute Gasteiger partial charge is 0.163 e. The lowest BCUT2D eigenvalue weighted by Crippen LogP contribution is -1.97.